The highest BCUT2D eigenvalue weighted by molar-refractivity contribution is 5.79. The molecule has 0 aliphatic heterocycles. The fraction of sp³-hybridized carbons (Fsp3) is 0.231. The van der Waals surface area contributed by atoms with Crippen LogP contribution in [0.4, 0.5) is 0 Å². The number of aromatic nitrogens is 2. The number of nitrogens with one attached hydrogen (secondary N) is 3. The van der Waals surface area contributed by atoms with E-state index in [0.29, 0.717) is 5.70 Å². The van der Waals surface area contributed by atoms with Gasteiger partial charge in [-0.05, 0) is 57.7 Å². The number of allylic oxidation sites excluding steroid dienone is 4. The lowest BCUT2D eigenvalue weighted by atomic mass is 10.0. The van der Waals surface area contributed by atoms with E-state index in [1.54, 1.807) is 12.4 Å². The Balaban J connectivity index is 2.46. The zero-order chi connectivity index (χ0) is 22.8. The van der Waals surface area contributed by atoms with Crippen LogP contribution in [0.5, 0.6) is 0 Å². The first-order valence-corrected chi connectivity index (χ1v) is 10.3. The van der Waals surface area contributed by atoms with E-state index in [1.165, 1.54) is 6.21 Å². The molecule has 0 saturated carbocycles. The molecule has 0 aliphatic carbocycles. The number of aryl methyl sites for hydroxylation is 1. The first kappa shape index (κ1) is 23.5. The van der Waals surface area contributed by atoms with Gasteiger partial charge >= 0.3 is 0 Å². The molecule has 0 radical (unpaired) electrons. The van der Waals surface area contributed by atoms with Crippen LogP contribution in [0.2, 0.25) is 0 Å². The van der Waals surface area contributed by atoms with Crippen LogP contribution in [0.15, 0.2) is 55.0 Å². The van der Waals surface area contributed by atoms with Crippen LogP contribution >= 0.6 is 0 Å². The fourth-order valence-electron chi connectivity index (χ4n) is 2.84. The maximum atomic E-state index is 7.65. The molecule has 5 heteroatoms. The van der Waals surface area contributed by atoms with Crippen LogP contribution in [0.1, 0.15) is 55.9 Å². The van der Waals surface area contributed by atoms with E-state index in [2.05, 4.69) is 59.2 Å². The normalized spacial score (nSPS) is 11.8. The third-order valence-corrected chi connectivity index (χ3v) is 4.58. The third-order valence-electron chi connectivity index (χ3n) is 4.58. The molecule has 0 aliphatic rings. The summed E-state index contributed by atoms with van der Waals surface area (Å²) in [6.45, 7) is 14.8. The predicted octanol–water partition coefficient (Wildman–Crippen LogP) is 5.17. The van der Waals surface area contributed by atoms with Gasteiger partial charge in [-0.1, -0.05) is 42.4 Å². The second-order valence-electron chi connectivity index (χ2n) is 7.01. The molecule has 160 valence electrons. The van der Waals surface area contributed by atoms with Gasteiger partial charge in [0.25, 0.3) is 0 Å². The Labute approximate surface area is 185 Å². The lowest BCUT2D eigenvalue weighted by Crippen LogP contribution is -2.18. The van der Waals surface area contributed by atoms with Crippen molar-refractivity contribution in [2.75, 3.05) is 6.54 Å². The smallest absolute Gasteiger partial charge is 0.161 e. The minimum absolute atomic E-state index is 0.643. The molecular formula is C26H31N5. The minimum Gasteiger partial charge on any atom is -0.389 e. The van der Waals surface area contributed by atoms with Crippen molar-refractivity contribution in [3.8, 4) is 11.8 Å². The summed E-state index contributed by atoms with van der Waals surface area (Å²) in [6.07, 6.45) is 10.6. The van der Waals surface area contributed by atoms with Gasteiger partial charge in [-0.3, -0.25) is 4.57 Å². The number of nitrogens with zero attached hydrogens (tertiary/aromatic N) is 2. The Bertz CT molecular complexity index is 1100. The zero-order valence-corrected chi connectivity index (χ0v) is 19.0. The van der Waals surface area contributed by atoms with E-state index >= 15 is 0 Å². The van der Waals surface area contributed by atoms with Gasteiger partial charge in [0.05, 0.1) is 17.6 Å². The molecule has 0 saturated heterocycles. The summed E-state index contributed by atoms with van der Waals surface area (Å²) < 4.78 is 1.95. The molecule has 1 aromatic carbocycles. The molecule has 3 N–H and O–H groups in total. The Morgan fingerprint density at radius 3 is 2.68 bits per heavy atom. The van der Waals surface area contributed by atoms with Crippen molar-refractivity contribution >= 4 is 23.7 Å². The van der Waals surface area contributed by atoms with E-state index in [4.69, 9.17) is 5.41 Å². The van der Waals surface area contributed by atoms with Crippen molar-refractivity contribution in [2.45, 2.75) is 34.6 Å². The molecular weight excluding hydrogens is 382 g/mol. The SMILES string of the molecule is C=C(C)c1ccc(C)c(C#Cc2cnc(/C(=C\C)N/C(C=N)=C/NCC)n2/C=C\C)c1. The topological polar surface area (TPSA) is 65.7 Å². The summed E-state index contributed by atoms with van der Waals surface area (Å²) in [5.41, 5.74) is 6.41. The van der Waals surface area contributed by atoms with Gasteiger partial charge in [-0.25, -0.2) is 4.98 Å². The van der Waals surface area contributed by atoms with Crippen molar-refractivity contribution in [3.05, 3.63) is 83.2 Å². The summed E-state index contributed by atoms with van der Waals surface area (Å²) in [5.74, 6) is 7.28. The summed E-state index contributed by atoms with van der Waals surface area (Å²) in [6, 6.07) is 6.21. The van der Waals surface area contributed by atoms with Gasteiger partial charge < -0.3 is 16.0 Å². The van der Waals surface area contributed by atoms with Gasteiger partial charge in [0, 0.05) is 30.7 Å². The molecule has 0 spiro atoms. The molecule has 1 heterocycles. The van der Waals surface area contributed by atoms with Gasteiger partial charge in [0.15, 0.2) is 5.82 Å². The molecule has 0 atom stereocenters. The molecule has 31 heavy (non-hydrogen) atoms. The Morgan fingerprint density at radius 1 is 1.29 bits per heavy atom. The Kier molecular flexibility index (Phi) is 8.65. The van der Waals surface area contributed by atoms with Crippen molar-refractivity contribution in [3.63, 3.8) is 0 Å². The number of hydrogen-bond donors (Lipinski definition) is 3. The second-order valence-corrected chi connectivity index (χ2v) is 7.01. The largest absolute Gasteiger partial charge is 0.389 e. The van der Waals surface area contributed by atoms with Gasteiger partial charge in [0.2, 0.25) is 0 Å². The summed E-state index contributed by atoms with van der Waals surface area (Å²) in [4.78, 5) is 4.60. The highest BCUT2D eigenvalue weighted by Crippen LogP contribution is 2.18. The van der Waals surface area contributed by atoms with Gasteiger partial charge in [0.1, 0.15) is 5.69 Å². The third kappa shape index (κ3) is 6.10. The van der Waals surface area contributed by atoms with Crippen LogP contribution in [0, 0.1) is 24.2 Å². The molecule has 2 aromatic rings. The first-order valence-electron chi connectivity index (χ1n) is 10.3. The van der Waals surface area contributed by atoms with E-state index in [-0.39, 0.29) is 0 Å². The molecule has 0 unspecified atom stereocenters. The van der Waals surface area contributed by atoms with Crippen LogP contribution in [-0.4, -0.2) is 22.3 Å². The Hall–Kier alpha value is -3.78. The fourth-order valence-corrected chi connectivity index (χ4v) is 2.84. The zero-order valence-electron chi connectivity index (χ0n) is 19.0. The lowest BCUT2D eigenvalue weighted by Gasteiger charge is -2.12. The molecule has 5 nitrogen and oxygen atoms in total. The average Bonchev–Trinajstić information content (AvgIpc) is 3.16. The van der Waals surface area contributed by atoms with Gasteiger partial charge in [-0.15, -0.1) is 0 Å². The lowest BCUT2D eigenvalue weighted by molar-refractivity contribution is 0.900. The molecule has 2 rings (SSSR count). The van der Waals surface area contributed by atoms with Crippen molar-refractivity contribution < 1.29 is 0 Å². The second kappa shape index (κ2) is 11.4. The highest BCUT2D eigenvalue weighted by atomic mass is 15.1. The summed E-state index contributed by atoms with van der Waals surface area (Å²) >= 11 is 0. The Morgan fingerprint density at radius 2 is 2.06 bits per heavy atom. The molecule has 0 bridgehead atoms. The minimum atomic E-state index is 0.643. The molecule has 0 amide bonds. The average molecular weight is 414 g/mol. The van der Waals surface area contributed by atoms with Crippen LogP contribution in [0.3, 0.4) is 0 Å². The quantitative estimate of drug-likeness (QED) is 0.413. The van der Waals surface area contributed by atoms with Crippen molar-refractivity contribution in [1.29, 1.82) is 5.41 Å². The standard InChI is InChI=1S/C26H31N5/c1-7-14-31-24(13-12-22-15-21(19(4)5)11-10-20(22)6)18-29-26(31)25(8-2)30-23(16-27)17-28-9-3/h7-8,10-11,14-18,27-28,30H,4,9H2,1-3,5-6H3/b14-7-,23-17+,25-8+,27-16?. The summed E-state index contributed by atoms with van der Waals surface area (Å²) in [7, 11) is 0. The number of rotatable bonds is 8. The monoisotopic (exact) mass is 413 g/mol. The van der Waals surface area contributed by atoms with Crippen LogP contribution in [0.25, 0.3) is 17.5 Å². The van der Waals surface area contributed by atoms with Crippen LogP contribution in [-0.2, 0) is 0 Å². The van der Waals surface area contributed by atoms with E-state index < -0.39 is 0 Å². The van der Waals surface area contributed by atoms with Crippen LogP contribution < -0.4 is 10.6 Å². The number of imidazole rings is 1. The maximum absolute atomic E-state index is 7.65. The van der Waals surface area contributed by atoms with Crippen molar-refractivity contribution in [2.24, 2.45) is 0 Å². The summed E-state index contributed by atoms with van der Waals surface area (Å²) in [5, 5.41) is 14.0. The van der Waals surface area contributed by atoms with E-state index in [1.807, 2.05) is 50.6 Å². The highest BCUT2D eigenvalue weighted by Gasteiger charge is 2.12. The van der Waals surface area contributed by atoms with Crippen molar-refractivity contribution in [1.82, 2.24) is 20.2 Å². The molecule has 1 aromatic heterocycles. The number of benzene rings is 1. The predicted molar refractivity (Wildman–Crippen MR) is 132 cm³/mol. The van der Waals surface area contributed by atoms with E-state index in [9.17, 15) is 0 Å². The number of hydrogen-bond acceptors (Lipinski definition) is 4. The molecule has 0 fully saturated rings. The van der Waals surface area contributed by atoms with Gasteiger partial charge in [-0.2, -0.15) is 0 Å². The first-order chi connectivity index (χ1) is 14.9. The van der Waals surface area contributed by atoms with E-state index in [0.717, 1.165) is 46.0 Å². The maximum Gasteiger partial charge on any atom is 0.161 e.